The van der Waals surface area contributed by atoms with Crippen molar-refractivity contribution in [2.75, 3.05) is 0 Å². The molecule has 4 nitrogen and oxygen atoms in total. The first-order valence-electron chi connectivity index (χ1n) is 20.0. The Kier molecular flexibility index (Phi) is 9.15. The van der Waals surface area contributed by atoms with Crippen molar-refractivity contribution in [1.29, 1.82) is 0 Å². The highest BCUT2D eigenvalue weighted by Gasteiger charge is 2.23. The summed E-state index contributed by atoms with van der Waals surface area (Å²) in [5.41, 5.74) is 16.9. The molecule has 59 heavy (non-hydrogen) atoms. The van der Waals surface area contributed by atoms with Gasteiger partial charge < -0.3 is 0 Å². The zero-order chi connectivity index (χ0) is 39.8. The molecule has 0 saturated carbocycles. The van der Waals surface area contributed by atoms with E-state index >= 15 is 0 Å². The third-order valence-corrected chi connectivity index (χ3v) is 11.5. The van der Waals surface area contributed by atoms with Crippen LogP contribution in [0.1, 0.15) is 25.0 Å². The normalized spacial score (nSPS) is 11.6. The van der Waals surface area contributed by atoms with Crippen molar-refractivity contribution in [1.82, 2.24) is 19.9 Å². The van der Waals surface area contributed by atoms with E-state index in [1.165, 1.54) is 22.3 Å². The van der Waals surface area contributed by atoms with Gasteiger partial charge in [0.25, 0.3) is 0 Å². The van der Waals surface area contributed by atoms with Gasteiger partial charge in [0.1, 0.15) is 0 Å². The summed E-state index contributed by atoms with van der Waals surface area (Å²) in [4.78, 5) is 19.3. The minimum Gasteiger partial charge on any atom is -0.255 e. The van der Waals surface area contributed by atoms with Crippen LogP contribution in [-0.2, 0) is 5.41 Å². The third kappa shape index (κ3) is 6.96. The topological polar surface area (TPSA) is 51.6 Å². The molecule has 0 bridgehead atoms. The Balaban J connectivity index is 0.946. The molecule has 0 amide bonds. The van der Waals surface area contributed by atoms with Gasteiger partial charge in [-0.1, -0.05) is 147 Å². The number of hydrogen-bond donors (Lipinski definition) is 0. The summed E-state index contributed by atoms with van der Waals surface area (Å²) in [5.74, 6) is 0. The Hall–Kier alpha value is -7.56. The fraction of sp³-hybridized carbons (Fsp3) is 0.0545. The lowest BCUT2D eigenvalue weighted by Crippen LogP contribution is -2.18. The maximum absolute atomic E-state index is 5.05. The minimum atomic E-state index is -0.206. The van der Waals surface area contributed by atoms with Gasteiger partial charge in [0.2, 0.25) is 0 Å². The summed E-state index contributed by atoms with van der Waals surface area (Å²) < 4.78 is 0. The lowest BCUT2D eigenvalue weighted by atomic mass is 9.77. The van der Waals surface area contributed by atoms with Crippen molar-refractivity contribution in [2.24, 2.45) is 0 Å². The number of rotatable bonds is 8. The van der Waals surface area contributed by atoms with Gasteiger partial charge in [-0.05, 0) is 116 Å². The fourth-order valence-electron chi connectivity index (χ4n) is 8.14. The summed E-state index contributed by atoms with van der Waals surface area (Å²) in [6, 6.07) is 68.6. The van der Waals surface area contributed by atoms with Crippen LogP contribution in [0.25, 0.3) is 89.1 Å². The van der Waals surface area contributed by atoms with Crippen molar-refractivity contribution in [3.05, 3.63) is 218 Å². The van der Waals surface area contributed by atoms with E-state index in [2.05, 4.69) is 182 Å². The smallest absolute Gasteiger partial charge is 0.0900 e. The number of hydrogen-bond acceptors (Lipinski definition) is 4. The predicted molar refractivity (Wildman–Crippen MR) is 244 cm³/mol. The van der Waals surface area contributed by atoms with Crippen LogP contribution in [0.3, 0.4) is 0 Å². The Morgan fingerprint density at radius 2 is 0.712 bits per heavy atom. The van der Waals surface area contributed by atoms with Gasteiger partial charge in [-0.15, -0.1) is 0 Å². The molecule has 0 fully saturated rings. The average molecular weight is 757 g/mol. The molecule has 0 saturated heterocycles. The number of nitrogens with zero attached hydrogens (tertiary/aromatic N) is 4. The average Bonchev–Trinajstić information content (AvgIpc) is 3.31. The predicted octanol–water partition coefficient (Wildman–Crippen LogP) is 13.9. The number of aromatic nitrogens is 4. The molecule has 0 spiro atoms. The summed E-state index contributed by atoms with van der Waals surface area (Å²) >= 11 is 0. The number of benzene rings is 6. The Morgan fingerprint density at radius 1 is 0.322 bits per heavy atom. The molecule has 0 radical (unpaired) electrons. The molecule has 280 valence electrons. The molecule has 4 heteroatoms. The first kappa shape index (κ1) is 35.8. The summed E-state index contributed by atoms with van der Waals surface area (Å²) in [7, 11) is 0. The number of fused-ring (bicyclic) bond motifs is 2. The minimum absolute atomic E-state index is 0.206. The van der Waals surface area contributed by atoms with E-state index in [0.29, 0.717) is 0 Å². The molecule has 0 unspecified atom stereocenters. The van der Waals surface area contributed by atoms with Gasteiger partial charge >= 0.3 is 0 Å². The molecule has 0 aliphatic rings. The van der Waals surface area contributed by atoms with Gasteiger partial charge in [-0.25, -0.2) is 9.97 Å². The van der Waals surface area contributed by atoms with Crippen LogP contribution < -0.4 is 0 Å². The van der Waals surface area contributed by atoms with Gasteiger partial charge in [0, 0.05) is 28.6 Å². The van der Waals surface area contributed by atoms with Gasteiger partial charge in [-0.3, -0.25) is 9.97 Å². The van der Waals surface area contributed by atoms with E-state index in [1.807, 2.05) is 48.8 Å². The first-order chi connectivity index (χ1) is 29.0. The maximum atomic E-state index is 5.05. The highest BCUT2D eigenvalue weighted by molar-refractivity contribution is 6.00. The van der Waals surface area contributed by atoms with E-state index in [9.17, 15) is 0 Å². The Morgan fingerprint density at radius 3 is 1.10 bits per heavy atom. The lowest BCUT2D eigenvalue weighted by molar-refractivity contribution is 0.641. The molecule has 0 atom stereocenters. The van der Waals surface area contributed by atoms with Crippen LogP contribution in [-0.4, -0.2) is 19.9 Å². The molecule has 6 aromatic carbocycles. The van der Waals surface area contributed by atoms with Gasteiger partial charge in [0.15, 0.2) is 0 Å². The molecule has 0 aliphatic carbocycles. The zero-order valence-corrected chi connectivity index (χ0v) is 32.9. The van der Waals surface area contributed by atoms with Crippen LogP contribution in [0, 0.1) is 0 Å². The first-order valence-corrected chi connectivity index (χ1v) is 20.0. The van der Waals surface area contributed by atoms with Crippen LogP contribution >= 0.6 is 0 Å². The largest absolute Gasteiger partial charge is 0.255 e. The second-order valence-electron chi connectivity index (χ2n) is 15.5. The van der Waals surface area contributed by atoms with Crippen molar-refractivity contribution >= 4 is 21.8 Å². The van der Waals surface area contributed by atoms with Gasteiger partial charge in [-0.2, -0.15) is 0 Å². The van der Waals surface area contributed by atoms with Crippen LogP contribution in [0.2, 0.25) is 0 Å². The van der Waals surface area contributed by atoms with Crippen molar-refractivity contribution in [2.45, 2.75) is 19.3 Å². The van der Waals surface area contributed by atoms with Crippen molar-refractivity contribution in [3.63, 3.8) is 0 Å². The highest BCUT2D eigenvalue weighted by atomic mass is 14.8. The Labute approximate surface area is 344 Å². The summed E-state index contributed by atoms with van der Waals surface area (Å²) in [5, 5.41) is 2.23. The Bertz CT molecular complexity index is 2860. The quantitative estimate of drug-likeness (QED) is 0.155. The molecule has 0 aliphatic heterocycles. The van der Waals surface area contributed by atoms with E-state index in [0.717, 1.165) is 78.0 Å². The van der Waals surface area contributed by atoms with E-state index in [4.69, 9.17) is 9.97 Å². The summed E-state index contributed by atoms with van der Waals surface area (Å²) in [6.45, 7) is 4.61. The number of pyridine rings is 4. The van der Waals surface area contributed by atoms with Crippen LogP contribution in [0.15, 0.2) is 207 Å². The zero-order valence-electron chi connectivity index (χ0n) is 32.9. The summed E-state index contributed by atoms with van der Waals surface area (Å²) in [6.07, 6.45) is 3.63. The van der Waals surface area contributed by atoms with Gasteiger partial charge in [0.05, 0.1) is 33.8 Å². The lowest BCUT2D eigenvalue weighted by Gasteiger charge is -2.26. The standard InChI is InChI=1S/C55H40N4/c1-55(2,43-25-19-37(20-26-43)41-23-29-49-47(33-41)45(39-13-5-3-6-14-39)35-53(58-49)51-17-9-11-31-56-51)44-27-21-38(22-28-44)42-24-30-50-48(34-42)46(40-15-7-4-8-16-40)36-54(59-50)52-18-10-12-32-57-52/h3-36H,1-2H3. The van der Waals surface area contributed by atoms with E-state index < -0.39 is 0 Å². The second kappa shape index (κ2) is 15.1. The van der Waals surface area contributed by atoms with Crippen molar-refractivity contribution in [3.8, 4) is 67.3 Å². The molecular formula is C55H40N4. The maximum Gasteiger partial charge on any atom is 0.0900 e. The second-order valence-corrected chi connectivity index (χ2v) is 15.5. The molecule has 10 aromatic rings. The van der Waals surface area contributed by atoms with Crippen LogP contribution in [0.4, 0.5) is 0 Å². The SMILES string of the molecule is CC(C)(c1ccc(-c2ccc3nc(-c4ccccn4)cc(-c4ccccc4)c3c2)cc1)c1ccc(-c2ccc3nc(-c4ccccn4)cc(-c4ccccc4)c3c2)cc1. The van der Waals surface area contributed by atoms with E-state index in [-0.39, 0.29) is 5.41 Å². The van der Waals surface area contributed by atoms with Crippen molar-refractivity contribution < 1.29 is 0 Å². The molecule has 10 rings (SSSR count). The monoisotopic (exact) mass is 756 g/mol. The third-order valence-electron chi connectivity index (χ3n) is 11.5. The molecule has 0 N–H and O–H groups in total. The fourth-order valence-corrected chi connectivity index (χ4v) is 8.14. The van der Waals surface area contributed by atoms with Crippen LogP contribution in [0.5, 0.6) is 0 Å². The highest BCUT2D eigenvalue weighted by Crippen LogP contribution is 2.38. The molecule has 4 heterocycles. The van der Waals surface area contributed by atoms with E-state index in [1.54, 1.807) is 0 Å². The molecule has 4 aromatic heterocycles. The molecular weight excluding hydrogens is 717 g/mol.